The molecule has 9 N–H and O–H groups in total. The lowest BCUT2D eigenvalue weighted by molar-refractivity contribution is -0.146. The molecule has 0 saturated carbocycles. The Labute approximate surface area is 266 Å². The lowest BCUT2D eigenvalue weighted by Crippen LogP contribution is -2.64. The van der Waals surface area contributed by atoms with Gasteiger partial charge in [-0.05, 0) is 56.8 Å². The summed E-state index contributed by atoms with van der Waals surface area (Å²) in [6, 6.07) is 4.44. The van der Waals surface area contributed by atoms with Crippen LogP contribution in [0.1, 0.15) is 45.5 Å². The number of para-hydroxylation sites is 1. The van der Waals surface area contributed by atoms with Gasteiger partial charge in [-0.15, -0.1) is 0 Å². The first-order chi connectivity index (χ1) is 22.2. The molecule has 6 rings (SSSR count). The molecule has 2 aromatic rings. The second kappa shape index (κ2) is 11.5. The number of ketones is 2. The van der Waals surface area contributed by atoms with Crippen molar-refractivity contribution in [2.45, 2.75) is 37.3 Å². The predicted octanol–water partition coefficient (Wildman–Crippen LogP) is 0.868. The number of primary amides is 1. The van der Waals surface area contributed by atoms with E-state index in [9.17, 15) is 49.5 Å². The number of anilines is 1. The molecule has 0 spiro atoms. The maximum absolute atomic E-state index is 15.6. The Morgan fingerprint density at radius 3 is 2.40 bits per heavy atom. The van der Waals surface area contributed by atoms with Crippen LogP contribution in [0.5, 0.6) is 11.5 Å². The number of rotatable bonds is 6. The summed E-state index contributed by atoms with van der Waals surface area (Å²) in [7, 11) is 0. The molecular formula is C32H31FN4O10. The van der Waals surface area contributed by atoms with E-state index in [2.05, 4.69) is 10.6 Å². The maximum atomic E-state index is 15.6. The summed E-state index contributed by atoms with van der Waals surface area (Å²) in [5.74, 6) is -12.9. The number of hydrogen-bond donors (Lipinski definition) is 8. The van der Waals surface area contributed by atoms with Crippen molar-refractivity contribution in [2.24, 2.45) is 17.6 Å². The van der Waals surface area contributed by atoms with Crippen LogP contribution in [-0.4, -0.2) is 91.0 Å². The first-order valence-electron chi connectivity index (χ1n) is 14.9. The minimum atomic E-state index is -3.08. The summed E-state index contributed by atoms with van der Waals surface area (Å²) in [6.45, 7) is 1.36. The van der Waals surface area contributed by atoms with Crippen molar-refractivity contribution in [1.29, 1.82) is 0 Å². The fourth-order valence-electron chi connectivity index (χ4n) is 7.18. The van der Waals surface area contributed by atoms with Gasteiger partial charge in [0.1, 0.15) is 28.7 Å². The number of phenols is 2. The Morgan fingerprint density at radius 1 is 1.06 bits per heavy atom. The van der Waals surface area contributed by atoms with Crippen molar-refractivity contribution in [1.82, 2.24) is 10.2 Å². The molecule has 1 aliphatic heterocycles. The Balaban J connectivity index is 1.41. The number of aliphatic hydroxyl groups excluding tert-OH is 2. The highest BCUT2D eigenvalue weighted by molar-refractivity contribution is 6.25. The average molecular weight is 651 g/mol. The van der Waals surface area contributed by atoms with Crippen LogP contribution in [0, 0.1) is 17.7 Å². The number of nitrogens with zero attached hydrogens (tertiary/aromatic N) is 1. The van der Waals surface area contributed by atoms with E-state index in [1.807, 2.05) is 4.90 Å². The van der Waals surface area contributed by atoms with Gasteiger partial charge in [-0.3, -0.25) is 28.9 Å². The van der Waals surface area contributed by atoms with Crippen molar-refractivity contribution in [3.8, 4) is 11.5 Å². The van der Waals surface area contributed by atoms with E-state index in [1.54, 1.807) is 0 Å². The van der Waals surface area contributed by atoms with Crippen LogP contribution >= 0.6 is 0 Å². The van der Waals surface area contributed by atoms with Crippen LogP contribution in [0.25, 0.3) is 0 Å². The molecule has 1 saturated heterocycles. The Bertz CT molecular complexity index is 1830. The molecule has 246 valence electrons. The minimum Gasteiger partial charge on any atom is -0.509 e. The molecule has 0 bridgehead atoms. The topological polar surface area (TPSA) is 240 Å². The second-order valence-electron chi connectivity index (χ2n) is 12.2. The molecule has 4 atom stereocenters. The third-order valence-electron chi connectivity index (χ3n) is 9.42. The zero-order valence-corrected chi connectivity index (χ0v) is 24.7. The van der Waals surface area contributed by atoms with Gasteiger partial charge in [0.2, 0.25) is 11.7 Å². The maximum Gasteiger partial charge on any atom is 0.255 e. The van der Waals surface area contributed by atoms with E-state index in [4.69, 9.17) is 5.73 Å². The average Bonchev–Trinajstić information content (AvgIpc) is 3.52. The number of fused-ring (bicyclic) bond motifs is 3. The van der Waals surface area contributed by atoms with Crippen LogP contribution in [0.15, 0.2) is 53.0 Å². The van der Waals surface area contributed by atoms with Crippen LogP contribution < -0.4 is 16.4 Å². The van der Waals surface area contributed by atoms with Gasteiger partial charge in [-0.1, -0.05) is 12.1 Å². The van der Waals surface area contributed by atoms with Gasteiger partial charge in [0.15, 0.2) is 17.1 Å². The van der Waals surface area contributed by atoms with Crippen LogP contribution in [0.4, 0.5) is 10.1 Å². The fourth-order valence-corrected chi connectivity index (χ4v) is 7.18. The van der Waals surface area contributed by atoms with E-state index in [0.717, 1.165) is 18.9 Å². The largest absolute Gasteiger partial charge is 0.509 e. The molecule has 1 heterocycles. The zero-order chi connectivity index (χ0) is 33.9. The number of benzene rings is 2. The fraction of sp³-hybridized carbons (Fsp3) is 0.344. The molecule has 1 fully saturated rings. The summed E-state index contributed by atoms with van der Waals surface area (Å²) in [5, 5.41) is 60.4. The number of amides is 3. The molecule has 47 heavy (non-hydrogen) atoms. The summed E-state index contributed by atoms with van der Waals surface area (Å²) < 4.78 is 15.6. The number of phenolic OH excluding ortho intramolecular Hbond substituents is 2. The third-order valence-corrected chi connectivity index (χ3v) is 9.42. The molecule has 3 amide bonds. The highest BCUT2D eigenvalue weighted by Gasteiger charge is 2.63. The normalized spacial score (nSPS) is 25.6. The summed E-state index contributed by atoms with van der Waals surface area (Å²) >= 11 is 0. The van der Waals surface area contributed by atoms with Gasteiger partial charge in [0, 0.05) is 23.1 Å². The number of nitrogens with two attached hydrogens (primary N) is 1. The van der Waals surface area contributed by atoms with Crippen LogP contribution in [-0.2, 0) is 20.8 Å². The minimum absolute atomic E-state index is 0.0270. The molecule has 3 aliphatic carbocycles. The summed E-state index contributed by atoms with van der Waals surface area (Å²) in [6.07, 6.45) is 1.07. The molecule has 0 aromatic heterocycles. The molecule has 2 aromatic carbocycles. The monoisotopic (exact) mass is 650 g/mol. The SMILES string of the molecule is NC(=O)C1=C(O)[C@@H](NC(=O)c2ccccc2O)[C@@H]2C[C@@H]3Cc4c(F)cc(NC(=O)CN5CCCC5)c(O)c4C(=O)C3=C(O)[C@]2(O)C1=O. The van der Waals surface area contributed by atoms with Gasteiger partial charge in [-0.25, -0.2) is 4.39 Å². The van der Waals surface area contributed by atoms with Gasteiger partial charge in [-0.2, -0.15) is 0 Å². The standard InChI is InChI=1S/C32H31FN4O10/c33-17-11-18(35-20(39)12-37-7-3-4-8-37)25(40)22-15(17)9-13-10-16-24(36-31(46)14-5-1-2-6-19(14)38)27(42)23(30(34)45)29(44)32(16,47)28(43)21(13)26(22)41/h1-2,5-6,11,13,16,24,38,40,42-43,47H,3-4,7-10,12H2,(H2,34,45)(H,35,39)(H,36,46)/t13-,16-,24-,32-/m0/s1. The van der Waals surface area contributed by atoms with Crippen molar-refractivity contribution in [2.75, 3.05) is 25.0 Å². The van der Waals surface area contributed by atoms with Crippen molar-refractivity contribution < 1.29 is 53.9 Å². The zero-order valence-electron chi connectivity index (χ0n) is 24.7. The Kier molecular flexibility index (Phi) is 7.76. The number of carbonyl (C=O) groups is 5. The number of likely N-dealkylation sites (tertiary alicyclic amines) is 1. The van der Waals surface area contributed by atoms with Gasteiger partial charge in [0.25, 0.3) is 11.8 Å². The highest BCUT2D eigenvalue weighted by Crippen LogP contribution is 2.52. The van der Waals surface area contributed by atoms with E-state index in [1.165, 1.54) is 24.3 Å². The second-order valence-corrected chi connectivity index (χ2v) is 12.2. The summed E-state index contributed by atoms with van der Waals surface area (Å²) in [4.78, 5) is 67.4. The first kappa shape index (κ1) is 31.7. The number of carbonyl (C=O) groups excluding carboxylic acids is 5. The summed E-state index contributed by atoms with van der Waals surface area (Å²) in [5.41, 5.74) is -0.942. The van der Waals surface area contributed by atoms with E-state index in [-0.39, 0.29) is 24.1 Å². The predicted molar refractivity (Wildman–Crippen MR) is 160 cm³/mol. The molecular weight excluding hydrogens is 619 g/mol. The van der Waals surface area contributed by atoms with E-state index >= 15 is 4.39 Å². The number of aromatic hydroxyl groups is 2. The van der Waals surface area contributed by atoms with Crippen LogP contribution in [0.2, 0.25) is 0 Å². The number of allylic oxidation sites excluding steroid dienone is 1. The van der Waals surface area contributed by atoms with Crippen molar-refractivity contribution in [3.63, 3.8) is 0 Å². The van der Waals surface area contributed by atoms with Crippen LogP contribution in [0.3, 0.4) is 0 Å². The van der Waals surface area contributed by atoms with E-state index < -0.39 is 110 Å². The third kappa shape index (κ3) is 4.98. The van der Waals surface area contributed by atoms with Crippen molar-refractivity contribution in [3.05, 3.63) is 75.5 Å². The molecule has 15 heteroatoms. The van der Waals surface area contributed by atoms with E-state index in [0.29, 0.717) is 13.1 Å². The number of halogens is 1. The Hall–Kier alpha value is -5.28. The number of hydrogen-bond acceptors (Lipinski definition) is 11. The molecule has 4 aliphatic rings. The van der Waals surface area contributed by atoms with Gasteiger partial charge < -0.3 is 41.9 Å². The number of aliphatic hydroxyl groups is 3. The lowest BCUT2D eigenvalue weighted by atomic mass is 9.58. The quantitative estimate of drug-likeness (QED) is 0.161. The number of Topliss-reactive ketones (excluding diaryl/α,β-unsaturated/α-hetero) is 2. The highest BCUT2D eigenvalue weighted by atomic mass is 19.1. The molecule has 0 unspecified atom stereocenters. The van der Waals surface area contributed by atoms with Crippen molar-refractivity contribution >= 4 is 35.0 Å². The van der Waals surface area contributed by atoms with Gasteiger partial charge >= 0.3 is 0 Å². The lowest BCUT2D eigenvalue weighted by Gasteiger charge is -2.48. The molecule has 14 nitrogen and oxygen atoms in total. The smallest absolute Gasteiger partial charge is 0.255 e. The number of nitrogens with one attached hydrogen (secondary N) is 2. The van der Waals surface area contributed by atoms with Gasteiger partial charge in [0.05, 0.1) is 29.4 Å². The first-order valence-corrected chi connectivity index (χ1v) is 14.9. The Morgan fingerprint density at radius 2 is 1.74 bits per heavy atom. The molecule has 0 radical (unpaired) electrons.